The highest BCUT2D eigenvalue weighted by Gasteiger charge is 2.51. The number of hydrogen-bond acceptors (Lipinski definition) is 4. The molecule has 2 aliphatic rings. The number of ether oxygens (including phenoxy) is 2. The number of fused-ring (bicyclic) bond motifs is 2. The van der Waals surface area contributed by atoms with E-state index in [1.54, 1.807) is 0 Å². The van der Waals surface area contributed by atoms with Gasteiger partial charge in [-0.05, 0) is 12.0 Å². The van der Waals surface area contributed by atoms with Crippen molar-refractivity contribution in [2.24, 2.45) is 0 Å². The summed E-state index contributed by atoms with van der Waals surface area (Å²) in [6.45, 7) is 0.977. The highest BCUT2D eigenvalue weighted by molar-refractivity contribution is 6.11. The van der Waals surface area contributed by atoms with E-state index < -0.39 is 5.60 Å². The minimum atomic E-state index is -0.460. The summed E-state index contributed by atoms with van der Waals surface area (Å²) in [7, 11) is 5.81. The van der Waals surface area contributed by atoms with Gasteiger partial charge in [0.05, 0.1) is 12.0 Å². The minimum Gasteiger partial charge on any atom is -0.461 e. The van der Waals surface area contributed by atoms with Crippen LogP contribution in [-0.2, 0) is 20.9 Å². The molecule has 2 heterocycles. The fraction of sp³-hybridized carbons (Fsp3) is 0.500. The Balaban J connectivity index is 1.52. The van der Waals surface area contributed by atoms with Gasteiger partial charge in [0.2, 0.25) is 0 Å². The van der Waals surface area contributed by atoms with Crippen molar-refractivity contribution in [3.05, 3.63) is 35.9 Å². The van der Waals surface area contributed by atoms with Gasteiger partial charge in [0, 0.05) is 18.6 Å². The van der Waals surface area contributed by atoms with E-state index in [0.717, 1.165) is 12.0 Å². The van der Waals surface area contributed by atoms with E-state index in [4.69, 9.17) is 17.3 Å². The van der Waals surface area contributed by atoms with Crippen LogP contribution >= 0.6 is 0 Å². The Hall–Kier alpha value is -1.33. The monoisotopic (exact) mass is 257 g/mol. The molecular formula is C14H16BNO3. The van der Waals surface area contributed by atoms with Crippen LogP contribution in [0.4, 0.5) is 0 Å². The molecule has 0 saturated carbocycles. The average Bonchev–Trinajstić information content (AvgIpc) is 2.94. The van der Waals surface area contributed by atoms with E-state index in [0.29, 0.717) is 13.2 Å². The van der Waals surface area contributed by atoms with Gasteiger partial charge < -0.3 is 14.8 Å². The molecule has 2 radical (unpaired) electrons. The lowest BCUT2D eigenvalue weighted by Gasteiger charge is -2.29. The topological polar surface area (TPSA) is 47.6 Å². The van der Waals surface area contributed by atoms with Gasteiger partial charge in [0.25, 0.3) is 0 Å². The molecule has 3 atom stereocenters. The van der Waals surface area contributed by atoms with Crippen LogP contribution in [0.25, 0.3) is 0 Å². The minimum absolute atomic E-state index is 0.168. The van der Waals surface area contributed by atoms with E-state index in [9.17, 15) is 4.79 Å². The van der Waals surface area contributed by atoms with Gasteiger partial charge in [-0.15, -0.1) is 0 Å². The Kier molecular flexibility index (Phi) is 3.33. The molecular weight excluding hydrogens is 241 g/mol. The van der Waals surface area contributed by atoms with Crippen molar-refractivity contribution in [1.82, 2.24) is 5.32 Å². The molecule has 4 nitrogen and oxygen atoms in total. The lowest BCUT2D eigenvalue weighted by atomic mass is 9.92. The maximum Gasteiger partial charge on any atom is 0.309 e. The third kappa shape index (κ3) is 2.67. The molecule has 1 N–H and O–H groups in total. The molecule has 2 fully saturated rings. The number of carbonyl (C=O) groups is 1. The van der Waals surface area contributed by atoms with E-state index in [-0.39, 0.29) is 24.4 Å². The van der Waals surface area contributed by atoms with E-state index >= 15 is 0 Å². The first-order valence-electron chi connectivity index (χ1n) is 6.53. The molecule has 0 aromatic heterocycles. The lowest BCUT2D eigenvalue weighted by Crippen LogP contribution is -2.46. The van der Waals surface area contributed by atoms with Gasteiger partial charge in [0.1, 0.15) is 14.5 Å². The van der Waals surface area contributed by atoms with Crippen LogP contribution in [-0.4, -0.2) is 38.0 Å². The Labute approximate surface area is 113 Å². The van der Waals surface area contributed by atoms with Crippen LogP contribution in [0.5, 0.6) is 0 Å². The number of rotatable bonds is 4. The van der Waals surface area contributed by atoms with Crippen LogP contribution in [0.1, 0.15) is 18.4 Å². The zero-order chi connectivity index (χ0) is 13.3. The van der Waals surface area contributed by atoms with E-state index in [1.807, 2.05) is 30.3 Å². The third-order valence-electron chi connectivity index (χ3n) is 3.77. The maximum absolute atomic E-state index is 11.9. The summed E-state index contributed by atoms with van der Waals surface area (Å²) >= 11 is 0. The van der Waals surface area contributed by atoms with Crippen LogP contribution in [0, 0.1) is 0 Å². The van der Waals surface area contributed by atoms with Gasteiger partial charge in [-0.2, -0.15) is 0 Å². The largest absolute Gasteiger partial charge is 0.461 e. The third-order valence-corrected chi connectivity index (χ3v) is 3.77. The van der Waals surface area contributed by atoms with Gasteiger partial charge in [0.15, 0.2) is 0 Å². The summed E-state index contributed by atoms with van der Waals surface area (Å²) in [6.07, 6.45) is 1.05. The number of morpholine rings is 1. The van der Waals surface area contributed by atoms with Crippen molar-refractivity contribution < 1.29 is 14.3 Å². The second kappa shape index (κ2) is 4.98. The second-order valence-electron chi connectivity index (χ2n) is 5.28. The molecule has 3 rings (SSSR count). The van der Waals surface area contributed by atoms with Crippen LogP contribution in [0.15, 0.2) is 30.3 Å². The summed E-state index contributed by atoms with van der Waals surface area (Å²) in [5.41, 5.74) is 0.525. The Morgan fingerprint density at radius 1 is 1.47 bits per heavy atom. The van der Waals surface area contributed by atoms with Crippen molar-refractivity contribution in [1.29, 1.82) is 0 Å². The zero-order valence-electron chi connectivity index (χ0n) is 10.7. The zero-order valence-corrected chi connectivity index (χ0v) is 10.7. The van der Waals surface area contributed by atoms with Gasteiger partial charge in [-0.25, -0.2) is 0 Å². The summed E-state index contributed by atoms with van der Waals surface area (Å²) in [4.78, 5) is 11.9. The van der Waals surface area contributed by atoms with Crippen LogP contribution < -0.4 is 5.32 Å². The van der Waals surface area contributed by atoms with Crippen molar-refractivity contribution in [2.75, 3.05) is 6.54 Å². The van der Waals surface area contributed by atoms with Crippen LogP contribution in [0.3, 0.4) is 0 Å². The SMILES string of the molecule is [B][C@@H]1O[C@@]2(CC(=O)OCc3ccccc3)CNC1C2. The van der Waals surface area contributed by atoms with E-state index in [2.05, 4.69) is 5.32 Å². The summed E-state index contributed by atoms with van der Waals surface area (Å²) < 4.78 is 11.0. The quantitative estimate of drug-likeness (QED) is 0.638. The predicted molar refractivity (Wildman–Crippen MR) is 70.6 cm³/mol. The highest BCUT2D eigenvalue weighted by Crippen LogP contribution is 2.37. The Bertz CT molecular complexity index is 463. The molecule has 0 aliphatic carbocycles. The molecule has 1 aromatic rings. The summed E-state index contributed by atoms with van der Waals surface area (Å²) in [5.74, 6) is -0.236. The van der Waals surface area contributed by atoms with Crippen molar-refractivity contribution in [2.45, 2.75) is 37.1 Å². The fourth-order valence-corrected chi connectivity index (χ4v) is 2.78. The fourth-order valence-electron chi connectivity index (χ4n) is 2.78. The summed E-state index contributed by atoms with van der Waals surface area (Å²) in [6, 6.07) is 9.50. The average molecular weight is 257 g/mol. The standard InChI is InChI=1S/C14H16BNO3/c15-13-11-6-14(19-13,9-16-11)7-12(17)18-8-10-4-2-1-3-5-10/h1-5,11,13,16H,6-9H2/t11?,13-,14+/m1/s1. The number of esters is 1. The van der Waals surface area contributed by atoms with Crippen molar-refractivity contribution in [3.8, 4) is 0 Å². The first-order valence-corrected chi connectivity index (χ1v) is 6.53. The molecule has 5 heteroatoms. The van der Waals surface area contributed by atoms with Crippen molar-refractivity contribution in [3.63, 3.8) is 0 Å². The van der Waals surface area contributed by atoms with Crippen LogP contribution in [0.2, 0.25) is 0 Å². The molecule has 19 heavy (non-hydrogen) atoms. The molecule has 2 bridgehead atoms. The predicted octanol–water partition coefficient (Wildman–Crippen LogP) is 0.745. The van der Waals surface area contributed by atoms with E-state index in [1.165, 1.54) is 0 Å². The molecule has 0 amide bonds. The number of benzene rings is 1. The van der Waals surface area contributed by atoms with Crippen molar-refractivity contribution >= 4 is 13.8 Å². The number of hydrogen-bond donors (Lipinski definition) is 1. The maximum atomic E-state index is 11.9. The first kappa shape index (κ1) is 12.7. The van der Waals surface area contributed by atoms with Gasteiger partial charge in [-0.3, -0.25) is 4.79 Å². The molecule has 0 spiro atoms. The lowest BCUT2D eigenvalue weighted by molar-refractivity contribution is -0.151. The second-order valence-corrected chi connectivity index (χ2v) is 5.28. The highest BCUT2D eigenvalue weighted by atomic mass is 16.5. The molecule has 2 saturated heterocycles. The van der Waals surface area contributed by atoms with Gasteiger partial charge >= 0.3 is 5.97 Å². The summed E-state index contributed by atoms with van der Waals surface area (Å²) in [5, 5.41) is 3.27. The smallest absolute Gasteiger partial charge is 0.309 e. The normalized spacial score (nSPS) is 32.4. The number of nitrogens with one attached hydrogen (secondary N) is 1. The van der Waals surface area contributed by atoms with Gasteiger partial charge in [-0.1, -0.05) is 30.3 Å². The molecule has 1 aromatic carbocycles. The Morgan fingerprint density at radius 3 is 2.89 bits per heavy atom. The Morgan fingerprint density at radius 2 is 2.26 bits per heavy atom. The molecule has 98 valence electrons. The molecule has 2 aliphatic heterocycles. The molecule has 1 unspecified atom stereocenters. The number of carbonyl (C=O) groups excluding carboxylic acids is 1. The first-order chi connectivity index (χ1) is 9.17.